The molecule has 0 saturated heterocycles. The minimum absolute atomic E-state index is 0.0680. The smallest absolute Gasteiger partial charge is 0.226 e. The molecule has 0 radical (unpaired) electrons. The van der Waals surface area contributed by atoms with E-state index in [1.54, 1.807) is 36.5 Å². The number of ether oxygens (including phenoxy) is 1. The fraction of sp³-hybridized carbons (Fsp3) is 0.294. The van der Waals surface area contributed by atoms with Crippen molar-refractivity contribution in [2.75, 3.05) is 20.7 Å². The SMILES string of the molecule is COc1cc(CC(=O)N(C)CCc2ccncc2)ccc1Cl. The van der Waals surface area contributed by atoms with Crippen molar-refractivity contribution in [3.05, 3.63) is 58.9 Å². The van der Waals surface area contributed by atoms with Crippen LogP contribution in [0.4, 0.5) is 0 Å². The Hall–Kier alpha value is -2.07. The van der Waals surface area contributed by atoms with Gasteiger partial charge in [0.1, 0.15) is 5.75 Å². The van der Waals surface area contributed by atoms with Crippen LogP contribution in [0, 0.1) is 0 Å². The Labute approximate surface area is 135 Å². The number of carbonyl (C=O) groups is 1. The van der Waals surface area contributed by atoms with Crippen LogP contribution in [0.1, 0.15) is 11.1 Å². The number of methoxy groups -OCH3 is 1. The highest BCUT2D eigenvalue weighted by Gasteiger charge is 2.11. The Bertz CT molecular complexity index is 632. The van der Waals surface area contributed by atoms with Crippen molar-refractivity contribution in [2.45, 2.75) is 12.8 Å². The minimum atomic E-state index is 0.0680. The number of hydrogen-bond donors (Lipinski definition) is 0. The van der Waals surface area contributed by atoms with Crippen LogP contribution in [-0.4, -0.2) is 36.5 Å². The highest BCUT2D eigenvalue weighted by atomic mass is 35.5. The molecule has 1 aromatic heterocycles. The van der Waals surface area contributed by atoms with Crippen LogP contribution in [0.3, 0.4) is 0 Å². The van der Waals surface area contributed by atoms with Crippen LogP contribution in [0.5, 0.6) is 5.75 Å². The summed E-state index contributed by atoms with van der Waals surface area (Å²) in [7, 11) is 3.38. The van der Waals surface area contributed by atoms with Crippen molar-refractivity contribution in [1.82, 2.24) is 9.88 Å². The van der Waals surface area contributed by atoms with Gasteiger partial charge in [0.25, 0.3) is 0 Å². The minimum Gasteiger partial charge on any atom is -0.495 e. The largest absolute Gasteiger partial charge is 0.495 e. The fourth-order valence-electron chi connectivity index (χ4n) is 2.09. The van der Waals surface area contributed by atoms with E-state index in [0.717, 1.165) is 12.0 Å². The maximum atomic E-state index is 12.3. The van der Waals surface area contributed by atoms with Crippen LogP contribution >= 0.6 is 11.6 Å². The summed E-state index contributed by atoms with van der Waals surface area (Å²) in [6.07, 6.45) is 4.67. The van der Waals surface area contributed by atoms with Crippen LogP contribution in [-0.2, 0) is 17.6 Å². The Kier molecular flexibility index (Phi) is 5.78. The van der Waals surface area contributed by atoms with Crippen molar-refractivity contribution in [2.24, 2.45) is 0 Å². The van der Waals surface area contributed by atoms with E-state index in [0.29, 0.717) is 23.7 Å². The summed E-state index contributed by atoms with van der Waals surface area (Å²) >= 11 is 5.99. The first kappa shape index (κ1) is 16.3. The lowest BCUT2D eigenvalue weighted by atomic mass is 10.1. The molecule has 0 fully saturated rings. The third kappa shape index (κ3) is 4.46. The van der Waals surface area contributed by atoms with E-state index in [1.807, 2.05) is 25.2 Å². The molecule has 4 nitrogen and oxygen atoms in total. The Morgan fingerprint density at radius 1 is 1.23 bits per heavy atom. The van der Waals surface area contributed by atoms with Gasteiger partial charge in [-0.25, -0.2) is 0 Å². The first-order chi connectivity index (χ1) is 10.6. The second kappa shape index (κ2) is 7.80. The van der Waals surface area contributed by atoms with E-state index in [9.17, 15) is 4.79 Å². The summed E-state index contributed by atoms with van der Waals surface area (Å²) in [6.45, 7) is 0.674. The number of pyridine rings is 1. The second-order valence-corrected chi connectivity index (χ2v) is 5.47. The van der Waals surface area contributed by atoms with Crippen molar-refractivity contribution < 1.29 is 9.53 Å². The van der Waals surface area contributed by atoms with Crippen molar-refractivity contribution in [1.29, 1.82) is 0 Å². The zero-order chi connectivity index (χ0) is 15.9. The molecule has 1 heterocycles. The number of nitrogens with zero attached hydrogens (tertiary/aromatic N) is 2. The number of benzene rings is 1. The number of likely N-dealkylation sites (N-methyl/N-ethyl adjacent to an activating group) is 1. The Morgan fingerprint density at radius 2 is 1.95 bits per heavy atom. The van der Waals surface area contributed by atoms with Gasteiger partial charge in [0.05, 0.1) is 18.6 Å². The van der Waals surface area contributed by atoms with Gasteiger partial charge in [-0.3, -0.25) is 9.78 Å². The molecule has 0 spiro atoms. The van der Waals surface area contributed by atoms with E-state index < -0.39 is 0 Å². The zero-order valence-corrected chi connectivity index (χ0v) is 13.5. The van der Waals surface area contributed by atoms with Crippen LogP contribution in [0.2, 0.25) is 5.02 Å². The summed E-state index contributed by atoms with van der Waals surface area (Å²) in [4.78, 5) is 18.0. The molecule has 2 aromatic rings. The molecule has 116 valence electrons. The standard InChI is InChI=1S/C17H19ClN2O2/c1-20(10-7-13-5-8-19-9-6-13)17(21)12-14-3-4-15(18)16(11-14)22-2/h3-6,8-9,11H,7,10,12H2,1-2H3. The molecule has 0 aliphatic carbocycles. The maximum Gasteiger partial charge on any atom is 0.226 e. The first-order valence-electron chi connectivity index (χ1n) is 7.05. The summed E-state index contributed by atoms with van der Waals surface area (Å²) in [5.41, 5.74) is 2.06. The maximum absolute atomic E-state index is 12.3. The third-order valence-electron chi connectivity index (χ3n) is 3.48. The molecular weight excluding hydrogens is 300 g/mol. The number of halogens is 1. The Morgan fingerprint density at radius 3 is 2.64 bits per heavy atom. The first-order valence-corrected chi connectivity index (χ1v) is 7.43. The molecule has 0 aliphatic rings. The molecule has 1 amide bonds. The van der Waals surface area contributed by atoms with Crippen LogP contribution in [0.25, 0.3) is 0 Å². The summed E-state index contributed by atoms with van der Waals surface area (Å²) < 4.78 is 5.17. The molecule has 5 heteroatoms. The van der Waals surface area contributed by atoms with Crippen molar-refractivity contribution in [3.63, 3.8) is 0 Å². The lowest BCUT2D eigenvalue weighted by molar-refractivity contribution is -0.129. The van der Waals surface area contributed by atoms with Crippen LogP contribution in [0.15, 0.2) is 42.7 Å². The molecule has 0 atom stereocenters. The van der Waals surface area contributed by atoms with Crippen molar-refractivity contribution >= 4 is 17.5 Å². The number of hydrogen-bond acceptors (Lipinski definition) is 3. The average molecular weight is 319 g/mol. The molecule has 1 aromatic carbocycles. The average Bonchev–Trinajstić information content (AvgIpc) is 2.55. The highest BCUT2D eigenvalue weighted by Crippen LogP contribution is 2.25. The molecular formula is C17H19ClN2O2. The number of aromatic nitrogens is 1. The van der Waals surface area contributed by atoms with Gasteiger partial charge in [-0.1, -0.05) is 17.7 Å². The van der Waals surface area contributed by atoms with Crippen LogP contribution < -0.4 is 4.74 Å². The van der Waals surface area contributed by atoms with E-state index in [2.05, 4.69) is 4.98 Å². The van der Waals surface area contributed by atoms with Gasteiger partial charge in [-0.15, -0.1) is 0 Å². The normalized spacial score (nSPS) is 10.3. The van der Waals surface area contributed by atoms with Gasteiger partial charge in [-0.2, -0.15) is 0 Å². The zero-order valence-electron chi connectivity index (χ0n) is 12.8. The summed E-state index contributed by atoms with van der Waals surface area (Å²) in [5.74, 6) is 0.657. The van der Waals surface area contributed by atoms with Gasteiger partial charge in [0.15, 0.2) is 0 Å². The van der Waals surface area contributed by atoms with Gasteiger partial charge < -0.3 is 9.64 Å². The van der Waals surface area contributed by atoms with E-state index in [4.69, 9.17) is 16.3 Å². The van der Waals surface area contributed by atoms with Gasteiger partial charge in [0, 0.05) is 26.0 Å². The number of amides is 1. The summed E-state index contributed by atoms with van der Waals surface area (Å²) in [5, 5.41) is 0.546. The molecule has 0 saturated carbocycles. The Balaban J connectivity index is 1.91. The van der Waals surface area contributed by atoms with Gasteiger partial charge in [0.2, 0.25) is 5.91 Å². The summed E-state index contributed by atoms with van der Waals surface area (Å²) in [6, 6.07) is 9.32. The molecule has 0 N–H and O–H groups in total. The monoisotopic (exact) mass is 318 g/mol. The molecule has 22 heavy (non-hydrogen) atoms. The molecule has 0 aliphatic heterocycles. The van der Waals surface area contributed by atoms with Gasteiger partial charge >= 0.3 is 0 Å². The lowest BCUT2D eigenvalue weighted by Gasteiger charge is -2.17. The lowest BCUT2D eigenvalue weighted by Crippen LogP contribution is -2.30. The number of carbonyl (C=O) groups excluding carboxylic acids is 1. The van der Waals surface area contributed by atoms with E-state index in [1.165, 1.54) is 5.56 Å². The molecule has 0 unspecified atom stereocenters. The predicted molar refractivity (Wildman–Crippen MR) is 87.3 cm³/mol. The van der Waals surface area contributed by atoms with Gasteiger partial charge in [-0.05, 0) is 41.8 Å². The van der Waals surface area contributed by atoms with Crippen molar-refractivity contribution in [3.8, 4) is 5.75 Å². The third-order valence-corrected chi connectivity index (χ3v) is 3.79. The molecule has 2 rings (SSSR count). The fourth-order valence-corrected chi connectivity index (χ4v) is 2.29. The highest BCUT2D eigenvalue weighted by molar-refractivity contribution is 6.32. The quantitative estimate of drug-likeness (QED) is 0.822. The molecule has 0 bridgehead atoms. The van der Waals surface area contributed by atoms with E-state index >= 15 is 0 Å². The second-order valence-electron chi connectivity index (χ2n) is 5.07. The van der Waals surface area contributed by atoms with E-state index in [-0.39, 0.29) is 5.91 Å². The predicted octanol–water partition coefficient (Wildman–Crippen LogP) is 2.99. The topological polar surface area (TPSA) is 42.4 Å². The number of rotatable bonds is 6.